The fourth-order valence-electron chi connectivity index (χ4n) is 2.60. The maximum Gasteiger partial charge on any atom is 0.418 e. The largest absolute Gasteiger partial charge is 0.418 e. The Balaban J connectivity index is 1.96. The van der Waals surface area contributed by atoms with Crippen molar-refractivity contribution in [2.45, 2.75) is 44.2 Å². The number of amides is 2. The predicted molar refractivity (Wildman–Crippen MR) is 92.2 cm³/mol. The standard InChI is InChI=1S/C16H22F3N3O3S/c1-11(2)26(24,25)21-12-7-9-22(10-8-12)15(23)20-14-6-4-3-5-13(14)16(17,18)19/h3-6,11-12,21H,7-10H2,1-2H3,(H,20,23). The monoisotopic (exact) mass is 393 g/mol. The molecule has 1 aliphatic heterocycles. The maximum atomic E-state index is 13.0. The number of benzene rings is 1. The third-order valence-corrected chi connectivity index (χ3v) is 6.11. The zero-order valence-corrected chi connectivity index (χ0v) is 15.3. The van der Waals surface area contributed by atoms with Crippen LogP contribution in [0.1, 0.15) is 32.3 Å². The summed E-state index contributed by atoms with van der Waals surface area (Å²) in [6, 6.07) is 3.86. The van der Waals surface area contributed by atoms with Crippen LogP contribution < -0.4 is 10.0 Å². The van der Waals surface area contributed by atoms with Gasteiger partial charge in [-0.15, -0.1) is 0 Å². The van der Waals surface area contributed by atoms with Gasteiger partial charge in [0.25, 0.3) is 0 Å². The highest BCUT2D eigenvalue weighted by Gasteiger charge is 2.34. The number of hydrogen-bond acceptors (Lipinski definition) is 3. The minimum absolute atomic E-state index is 0.255. The van der Waals surface area contributed by atoms with E-state index in [9.17, 15) is 26.4 Å². The van der Waals surface area contributed by atoms with E-state index < -0.39 is 33.0 Å². The molecule has 2 rings (SSSR count). The Kier molecular flexibility index (Phi) is 6.17. The molecular weight excluding hydrogens is 371 g/mol. The second kappa shape index (κ2) is 7.83. The zero-order valence-electron chi connectivity index (χ0n) is 14.5. The summed E-state index contributed by atoms with van der Waals surface area (Å²) in [4.78, 5) is 13.6. The molecule has 1 heterocycles. The first-order chi connectivity index (χ1) is 12.0. The molecule has 1 fully saturated rings. The van der Waals surface area contributed by atoms with Crippen LogP contribution in [0.25, 0.3) is 0 Å². The number of piperidine rings is 1. The Hall–Kier alpha value is -1.81. The normalized spacial score (nSPS) is 16.8. The van der Waals surface area contributed by atoms with Crippen LogP contribution in [0.5, 0.6) is 0 Å². The molecule has 1 aliphatic rings. The lowest BCUT2D eigenvalue weighted by atomic mass is 10.1. The van der Waals surface area contributed by atoms with Crippen molar-refractivity contribution in [3.63, 3.8) is 0 Å². The van der Waals surface area contributed by atoms with E-state index in [2.05, 4.69) is 10.0 Å². The molecule has 0 saturated carbocycles. The Morgan fingerprint density at radius 2 is 1.77 bits per heavy atom. The van der Waals surface area contributed by atoms with Gasteiger partial charge in [0.1, 0.15) is 0 Å². The van der Waals surface area contributed by atoms with Crippen LogP contribution in [0.4, 0.5) is 23.7 Å². The Labute approximate surface area is 150 Å². The summed E-state index contributed by atoms with van der Waals surface area (Å²) in [6.45, 7) is 3.66. The first-order valence-corrected chi connectivity index (χ1v) is 9.78. The van der Waals surface area contributed by atoms with Crippen LogP contribution in [-0.2, 0) is 16.2 Å². The fraction of sp³-hybridized carbons (Fsp3) is 0.562. The summed E-state index contributed by atoms with van der Waals surface area (Å²) >= 11 is 0. The van der Waals surface area contributed by atoms with Gasteiger partial charge in [0, 0.05) is 19.1 Å². The number of nitrogens with one attached hydrogen (secondary N) is 2. The van der Waals surface area contributed by atoms with E-state index in [0.29, 0.717) is 12.8 Å². The molecule has 0 aliphatic carbocycles. The van der Waals surface area contributed by atoms with Gasteiger partial charge in [-0.25, -0.2) is 17.9 Å². The molecule has 6 nitrogen and oxygen atoms in total. The van der Waals surface area contributed by atoms with Crippen molar-refractivity contribution in [1.82, 2.24) is 9.62 Å². The van der Waals surface area contributed by atoms with E-state index in [1.165, 1.54) is 23.1 Å². The van der Waals surface area contributed by atoms with Crippen molar-refractivity contribution in [2.75, 3.05) is 18.4 Å². The van der Waals surface area contributed by atoms with Gasteiger partial charge in [-0.2, -0.15) is 13.2 Å². The average molecular weight is 393 g/mol. The molecule has 0 radical (unpaired) electrons. The van der Waals surface area contributed by atoms with Gasteiger partial charge in [-0.3, -0.25) is 0 Å². The number of carbonyl (C=O) groups is 1. The third-order valence-electron chi connectivity index (χ3n) is 4.21. The van der Waals surface area contributed by atoms with Gasteiger partial charge >= 0.3 is 12.2 Å². The van der Waals surface area contributed by atoms with Crippen LogP contribution >= 0.6 is 0 Å². The number of likely N-dealkylation sites (tertiary alicyclic amines) is 1. The topological polar surface area (TPSA) is 78.5 Å². The minimum Gasteiger partial charge on any atom is -0.324 e. The number of carbonyl (C=O) groups excluding carboxylic acids is 1. The predicted octanol–water partition coefficient (Wildman–Crippen LogP) is 3.03. The molecule has 0 unspecified atom stereocenters. The van der Waals surface area contributed by atoms with E-state index in [1.807, 2.05) is 0 Å². The number of halogens is 3. The molecule has 2 amide bonds. The van der Waals surface area contributed by atoms with E-state index >= 15 is 0 Å². The number of alkyl halides is 3. The van der Waals surface area contributed by atoms with Gasteiger partial charge in [0.15, 0.2) is 0 Å². The number of urea groups is 1. The van der Waals surface area contributed by atoms with Crippen molar-refractivity contribution < 1.29 is 26.4 Å². The van der Waals surface area contributed by atoms with Crippen molar-refractivity contribution in [2.24, 2.45) is 0 Å². The molecular formula is C16H22F3N3O3S. The van der Waals surface area contributed by atoms with Gasteiger partial charge in [-0.1, -0.05) is 12.1 Å². The first-order valence-electron chi connectivity index (χ1n) is 8.24. The molecule has 0 aromatic heterocycles. The fourth-order valence-corrected chi connectivity index (χ4v) is 3.57. The summed E-state index contributed by atoms with van der Waals surface area (Å²) in [5.41, 5.74) is -1.21. The number of anilines is 1. The highest BCUT2D eigenvalue weighted by Crippen LogP contribution is 2.34. The summed E-state index contributed by atoms with van der Waals surface area (Å²) in [6.07, 6.45) is -3.76. The molecule has 146 valence electrons. The number of sulfonamides is 1. The van der Waals surface area contributed by atoms with Crippen LogP contribution in [0, 0.1) is 0 Å². The van der Waals surface area contributed by atoms with Gasteiger partial charge in [0.05, 0.1) is 16.5 Å². The SMILES string of the molecule is CC(C)S(=O)(=O)NC1CCN(C(=O)Nc2ccccc2C(F)(F)F)CC1. The van der Waals surface area contributed by atoms with Crippen molar-refractivity contribution in [3.8, 4) is 0 Å². The number of para-hydroxylation sites is 1. The smallest absolute Gasteiger partial charge is 0.324 e. The molecule has 10 heteroatoms. The number of hydrogen-bond donors (Lipinski definition) is 2. The number of nitrogens with zero attached hydrogens (tertiary/aromatic N) is 1. The molecule has 0 spiro atoms. The van der Waals surface area contributed by atoms with E-state index in [1.54, 1.807) is 13.8 Å². The average Bonchev–Trinajstić information content (AvgIpc) is 2.54. The molecule has 2 N–H and O–H groups in total. The summed E-state index contributed by atoms with van der Waals surface area (Å²) in [5.74, 6) is 0. The van der Waals surface area contributed by atoms with Crippen molar-refractivity contribution in [1.29, 1.82) is 0 Å². The number of rotatable bonds is 4. The van der Waals surface area contributed by atoms with Gasteiger partial charge < -0.3 is 10.2 Å². The Morgan fingerprint density at radius 3 is 2.31 bits per heavy atom. The van der Waals surface area contributed by atoms with Crippen molar-refractivity contribution >= 4 is 21.7 Å². The van der Waals surface area contributed by atoms with Crippen LogP contribution in [0.2, 0.25) is 0 Å². The van der Waals surface area contributed by atoms with Gasteiger partial charge in [-0.05, 0) is 38.8 Å². The molecule has 0 bridgehead atoms. The summed E-state index contributed by atoms with van der Waals surface area (Å²) in [5, 5.41) is 1.74. The highest BCUT2D eigenvalue weighted by atomic mass is 32.2. The molecule has 0 atom stereocenters. The molecule has 1 saturated heterocycles. The van der Waals surface area contributed by atoms with Crippen LogP contribution in [-0.4, -0.2) is 43.7 Å². The molecule has 1 aromatic rings. The summed E-state index contributed by atoms with van der Waals surface area (Å²) < 4.78 is 65.3. The third kappa shape index (κ3) is 5.10. The lowest BCUT2D eigenvalue weighted by Crippen LogP contribution is -2.48. The van der Waals surface area contributed by atoms with Gasteiger partial charge in [0.2, 0.25) is 10.0 Å². The quantitative estimate of drug-likeness (QED) is 0.825. The maximum absolute atomic E-state index is 13.0. The lowest BCUT2D eigenvalue weighted by Gasteiger charge is -2.32. The lowest BCUT2D eigenvalue weighted by molar-refractivity contribution is -0.136. The van der Waals surface area contributed by atoms with Crippen LogP contribution in [0.3, 0.4) is 0 Å². The van der Waals surface area contributed by atoms with E-state index in [4.69, 9.17) is 0 Å². The second-order valence-electron chi connectivity index (χ2n) is 6.45. The van der Waals surface area contributed by atoms with Crippen LogP contribution in [0.15, 0.2) is 24.3 Å². The molecule has 1 aromatic carbocycles. The van der Waals surface area contributed by atoms with Crippen molar-refractivity contribution in [3.05, 3.63) is 29.8 Å². The summed E-state index contributed by atoms with van der Waals surface area (Å²) in [7, 11) is -3.40. The Morgan fingerprint density at radius 1 is 1.19 bits per heavy atom. The first kappa shape index (κ1) is 20.5. The highest BCUT2D eigenvalue weighted by molar-refractivity contribution is 7.90. The zero-order chi connectivity index (χ0) is 19.5. The minimum atomic E-state index is -4.56. The Bertz CT molecular complexity index is 743. The second-order valence-corrected chi connectivity index (χ2v) is 8.71. The van der Waals surface area contributed by atoms with E-state index in [0.717, 1.165) is 6.07 Å². The molecule has 26 heavy (non-hydrogen) atoms. The van der Waals surface area contributed by atoms with E-state index in [-0.39, 0.29) is 24.8 Å².